The minimum atomic E-state index is -1.43. The molecule has 0 spiro atoms. The first-order chi connectivity index (χ1) is 20.4. The first-order valence-electron chi connectivity index (χ1n) is 15.3. The second kappa shape index (κ2) is 20.4. The molecule has 0 aromatic heterocycles. The quantitative estimate of drug-likeness (QED) is 0.131. The number of hydrogen-bond acceptors (Lipinski definition) is 6. The Morgan fingerprint density at radius 3 is 1.88 bits per heavy atom. The van der Waals surface area contributed by atoms with Crippen molar-refractivity contribution in [2.45, 2.75) is 92.9 Å². The predicted molar refractivity (Wildman–Crippen MR) is 170 cm³/mol. The van der Waals surface area contributed by atoms with Gasteiger partial charge >= 0.3 is 5.97 Å². The van der Waals surface area contributed by atoms with Crippen molar-refractivity contribution in [1.29, 1.82) is 0 Å². The molecular weight excluding hydrogens is 544 g/mol. The van der Waals surface area contributed by atoms with Gasteiger partial charge < -0.3 is 20.1 Å². The Kier molecular flexibility index (Phi) is 17.8. The third-order valence-corrected chi connectivity index (χ3v) is 7.19. The van der Waals surface area contributed by atoms with Gasteiger partial charge in [0.25, 0.3) is 0 Å². The third-order valence-electron chi connectivity index (χ3n) is 7.19. The number of carbonyl (C=O) groups excluding carboxylic acids is 4. The molecule has 2 amide bonds. The summed E-state index contributed by atoms with van der Waals surface area (Å²) in [5, 5.41) is 5.35. The average Bonchev–Trinajstić information content (AvgIpc) is 3.00. The molecule has 8 nitrogen and oxygen atoms in total. The molecule has 2 aromatic carbocycles. The van der Waals surface area contributed by atoms with Crippen LogP contribution in [-0.2, 0) is 41.9 Å². The molecule has 238 valence electrons. The molecule has 0 radical (unpaired) electrons. The minimum absolute atomic E-state index is 0.0694. The second-order valence-electron chi connectivity index (χ2n) is 11.8. The number of carbonyl (C=O) groups is 4. The Morgan fingerprint density at radius 1 is 0.814 bits per heavy atom. The molecule has 2 aromatic rings. The van der Waals surface area contributed by atoms with Crippen LogP contribution in [0.25, 0.3) is 0 Å². The summed E-state index contributed by atoms with van der Waals surface area (Å²) in [6.45, 7) is 11.7. The number of unbranched alkanes of at least 4 members (excludes halogenated alkanes) is 1. The van der Waals surface area contributed by atoms with Crippen molar-refractivity contribution in [3.63, 3.8) is 0 Å². The molecule has 2 rings (SSSR count). The first-order valence-corrected chi connectivity index (χ1v) is 15.3. The van der Waals surface area contributed by atoms with E-state index < -0.39 is 29.1 Å². The van der Waals surface area contributed by atoms with Crippen LogP contribution in [0.1, 0.15) is 84.8 Å². The lowest BCUT2D eigenvalue weighted by Crippen LogP contribution is -2.54. The van der Waals surface area contributed by atoms with Gasteiger partial charge in [0.05, 0.1) is 19.2 Å². The van der Waals surface area contributed by atoms with Gasteiger partial charge in [-0.2, -0.15) is 0 Å². The maximum absolute atomic E-state index is 13.3. The van der Waals surface area contributed by atoms with Crippen molar-refractivity contribution in [3.8, 4) is 0 Å². The maximum Gasteiger partial charge on any atom is 0.319 e. The van der Waals surface area contributed by atoms with Gasteiger partial charge in [-0.25, -0.2) is 0 Å². The summed E-state index contributed by atoms with van der Waals surface area (Å²) in [7, 11) is 1.70. The van der Waals surface area contributed by atoms with E-state index in [-0.39, 0.29) is 25.0 Å². The third kappa shape index (κ3) is 15.0. The van der Waals surface area contributed by atoms with Crippen molar-refractivity contribution < 1.29 is 28.7 Å². The van der Waals surface area contributed by atoms with E-state index in [1.54, 1.807) is 7.11 Å². The van der Waals surface area contributed by atoms with Crippen LogP contribution in [0.15, 0.2) is 60.7 Å². The van der Waals surface area contributed by atoms with E-state index in [0.717, 1.165) is 24.8 Å². The number of Topliss-reactive ketones (excluding diaryl/α,β-unsaturated/α-hetero) is 1. The molecule has 0 heterocycles. The molecule has 43 heavy (non-hydrogen) atoms. The fourth-order valence-electron chi connectivity index (χ4n) is 4.17. The molecule has 2 unspecified atom stereocenters. The highest BCUT2D eigenvalue weighted by molar-refractivity contribution is 6.06. The monoisotopic (exact) mass is 596 g/mol. The highest BCUT2D eigenvalue weighted by Gasteiger charge is 2.43. The lowest BCUT2D eigenvalue weighted by molar-refractivity contribution is -0.161. The summed E-state index contributed by atoms with van der Waals surface area (Å²) in [5.41, 5.74) is 0.612. The fraction of sp³-hybridized carbons (Fsp3) is 0.543. The summed E-state index contributed by atoms with van der Waals surface area (Å²) < 4.78 is 10.3. The fourth-order valence-corrected chi connectivity index (χ4v) is 4.17. The van der Waals surface area contributed by atoms with E-state index in [4.69, 9.17) is 9.47 Å². The van der Waals surface area contributed by atoms with Crippen LogP contribution >= 0.6 is 0 Å². The van der Waals surface area contributed by atoms with Gasteiger partial charge in [-0.05, 0) is 43.2 Å². The molecule has 2 atom stereocenters. The molecule has 0 aliphatic carbocycles. The summed E-state index contributed by atoms with van der Waals surface area (Å²) in [4.78, 5) is 50.6. The molecule has 0 saturated heterocycles. The van der Waals surface area contributed by atoms with E-state index in [2.05, 4.69) is 24.5 Å². The summed E-state index contributed by atoms with van der Waals surface area (Å²) >= 11 is 0. The van der Waals surface area contributed by atoms with E-state index in [1.807, 2.05) is 74.5 Å². The first kappa shape index (κ1) is 37.5. The highest BCUT2D eigenvalue weighted by atomic mass is 16.5. The number of ether oxygens (including phenoxy) is 2. The number of ketones is 1. The van der Waals surface area contributed by atoms with Gasteiger partial charge in [0.2, 0.25) is 11.8 Å². The SMILES string of the molecule is CCC(C)C(NC(=O)CNC(=O)CCCCC(C)C)C(=O)C(C)(C)C(=O)OCc1ccccc1.COCc1ccccc1. The summed E-state index contributed by atoms with van der Waals surface area (Å²) in [6, 6.07) is 18.5. The van der Waals surface area contributed by atoms with Gasteiger partial charge in [-0.1, -0.05) is 108 Å². The summed E-state index contributed by atoms with van der Waals surface area (Å²) in [6.07, 6.45) is 3.81. The molecule has 0 aliphatic heterocycles. The second-order valence-corrected chi connectivity index (χ2v) is 11.8. The molecule has 0 bridgehead atoms. The zero-order chi connectivity index (χ0) is 32.3. The maximum atomic E-state index is 13.3. The van der Waals surface area contributed by atoms with Gasteiger partial charge in [0, 0.05) is 13.5 Å². The van der Waals surface area contributed by atoms with Crippen LogP contribution in [0.3, 0.4) is 0 Å². The van der Waals surface area contributed by atoms with E-state index in [0.29, 0.717) is 25.4 Å². The Hall–Kier alpha value is -3.52. The molecular formula is C35H52N2O6. The molecule has 2 N–H and O–H groups in total. The van der Waals surface area contributed by atoms with E-state index in [1.165, 1.54) is 19.4 Å². The lowest BCUT2D eigenvalue weighted by atomic mass is 9.79. The van der Waals surface area contributed by atoms with Crippen molar-refractivity contribution in [2.75, 3.05) is 13.7 Å². The van der Waals surface area contributed by atoms with Crippen molar-refractivity contribution >= 4 is 23.6 Å². The lowest BCUT2D eigenvalue weighted by Gasteiger charge is -2.30. The van der Waals surface area contributed by atoms with Crippen molar-refractivity contribution in [2.24, 2.45) is 17.3 Å². The zero-order valence-electron chi connectivity index (χ0n) is 27.1. The van der Waals surface area contributed by atoms with Gasteiger partial charge in [0.15, 0.2) is 5.78 Å². The van der Waals surface area contributed by atoms with Crippen LogP contribution in [-0.4, -0.2) is 43.3 Å². The van der Waals surface area contributed by atoms with Gasteiger partial charge in [-0.15, -0.1) is 0 Å². The number of nitrogens with one attached hydrogen (secondary N) is 2. The number of rotatable bonds is 17. The number of methoxy groups -OCH3 is 1. The van der Waals surface area contributed by atoms with Gasteiger partial charge in [-0.3, -0.25) is 19.2 Å². The normalized spacial score (nSPS) is 12.4. The highest BCUT2D eigenvalue weighted by Crippen LogP contribution is 2.25. The molecule has 8 heteroatoms. The Labute approximate surface area is 258 Å². The van der Waals surface area contributed by atoms with Crippen LogP contribution in [0, 0.1) is 17.3 Å². The van der Waals surface area contributed by atoms with Crippen LogP contribution in [0.5, 0.6) is 0 Å². The molecule has 0 saturated carbocycles. The van der Waals surface area contributed by atoms with E-state index >= 15 is 0 Å². The van der Waals surface area contributed by atoms with Crippen LogP contribution in [0.4, 0.5) is 0 Å². The van der Waals surface area contributed by atoms with Crippen LogP contribution < -0.4 is 10.6 Å². The number of hydrogen-bond donors (Lipinski definition) is 2. The topological polar surface area (TPSA) is 111 Å². The van der Waals surface area contributed by atoms with Crippen molar-refractivity contribution in [1.82, 2.24) is 10.6 Å². The number of amides is 2. The Morgan fingerprint density at radius 2 is 1.37 bits per heavy atom. The van der Waals surface area contributed by atoms with Gasteiger partial charge in [0.1, 0.15) is 12.0 Å². The van der Waals surface area contributed by atoms with E-state index in [9.17, 15) is 19.2 Å². The smallest absolute Gasteiger partial charge is 0.319 e. The largest absolute Gasteiger partial charge is 0.460 e. The predicted octanol–water partition coefficient (Wildman–Crippen LogP) is 6.02. The Bertz CT molecular complexity index is 1100. The molecule has 0 fully saturated rings. The standard InChI is InChI=1S/C27H42N2O5.C8H10O/c1-7-20(4)24(29-23(31)17-28-22(30)16-12-11-13-19(2)3)25(32)27(5,6)26(33)34-18-21-14-9-8-10-15-21;1-9-7-8-5-3-2-4-6-8/h8-10,14-15,19-20,24H,7,11-13,16-18H2,1-6H3,(H,28,30)(H,29,31);2-6H,7H2,1H3. The Balaban J connectivity index is 0.000000869. The number of esters is 1. The summed E-state index contributed by atoms with van der Waals surface area (Å²) in [5.74, 6) is -1.28. The van der Waals surface area contributed by atoms with Crippen LogP contribution in [0.2, 0.25) is 0 Å². The molecule has 0 aliphatic rings. The average molecular weight is 597 g/mol. The minimum Gasteiger partial charge on any atom is -0.460 e. The van der Waals surface area contributed by atoms with Crippen molar-refractivity contribution in [3.05, 3.63) is 71.8 Å². The number of benzene rings is 2. The zero-order valence-corrected chi connectivity index (χ0v) is 27.1.